The van der Waals surface area contributed by atoms with Gasteiger partial charge in [-0.15, -0.1) is 0 Å². The van der Waals surface area contributed by atoms with E-state index in [-0.39, 0.29) is 26.6 Å². The first-order valence-electron chi connectivity index (χ1n) is 5.81. The van der Waals surface area contributed by atoms with E-state index in [2.05, 4.69) is 15.9 Å². The maximum absolute atomic E-state index is 12.6. The van der Waals surface area contributed by atoms with Crippen LogP contribution in [0.4, 0.5) is 5.69 Å². The molecule has 20 heavy (non-hydrogen) atoms. The number of rotatable bonds is 3. The minimum Gasteiger partial charge on any atom is -0.398 e. The summed E-state index contributed by atoms with van der Waals surface area (Å²) in [6, 6.07) is 1.92. The Kier molecular flexibility index (Phi) is 4.29. The van der Waals surface area contributed by atoms with Gasteiger partial charge in [-0.2, -0.15) is 4.31 Å². The van der Waals surface area contributed by atoms with E-state index in [4.69, 9.17) is 23.1 Å². The Morgan fingerprint density at radius 3 is 2.70 bits per heavy atom. The second-order valence-corrected chi connectivity index (χ2v) is 7.57. The zero-order valence-corrected chi connectivity index (χ0v) is 13.5. The standard InChI is InChI=1S/C11H13BrClN3O3S/c12-10-7(14)4-6(13)5-9(10)20(18,19)16-3-1-2-8(16)11(15)17/h4-5,8H,1-3,14H2,(H2,15,17). The summed E-state index contributed by atoms with van der Waals surface area (Å²) in [6.45, 7) is 0.245. The quantitative estimate of drug-likeness (QED) is 0.769. The topological polar surface area (TPSA) is 106 Å². The molecule has 1 fully saturated rings. The van der Waals surface area contributed by atoms with Gasteiger partial charge in [-0.25, -0.2) is 8.42 Å². The van der Waals surface area contributed by atoms with E-state index >= 15 is 0 Å². The molecule has 6 nitrogen and oxygen atoms in total. The van der Waals surface area contributed by atoms with E-state index < -0.39 is 22.0 Å². The van der Waals surface area contributed by atoms with Crippen molar-refractivity contribution in [2.24, 2.45) is 5.73 Å². The van der Waals surface area contributed by atoms with Gasteiger partial charge in [0.2, 0.25) is 15.9 Å². The molecule has 1 unspecified atom stereocenters. The summed E-state index contributed by atoms with van der Waals surface area (Å²) in [5, 5.41) is 0.207. The van der Waals surface area contributed by atoms with Gasteiger partial charge in [0.15, 0.2) is 0 Å². The van der Waals surface area contributed by atoms with Crippen molar-refractivity contribution in [3.63, 3.8) is 0 Å². The van der Waals surface area contributed by atoms with Gasteiger partial charge in [-0.05, 0) is 40.9 Å². The average Bonchev–Trinajstić information content (AvgIpc) is 2.83. The number of halogens is 2. The molecule has 0 saturated carbocycles. The molecule has 2 rings (SSSR count). The second kappa shape index (κ2) is 5.51. The van der Waals surface area contributed by atoms with Crippen molar-refractivity contribution in [1.29, 1.82) is 0 Å². The van der Waals surface area contributed by atoms with E-state index in [0.717, 1.165) is 4.31 Å². The highest BCUT2D eigenvalue weighted by Gasteiger charge is 2.39. The third-order valence-electron chi connectivity index (χ3n) is 3.15. The fraction of sp³-hybridized carbons (Fsp3) is 0.364. The fourth-order valence-electron chi connectivity index (χ4n) is 2.21. The van der Waals surface area contributed by atoms with Crippen molar-refractivity contribution in [1.82, 2.24) is 4.31 Å². The van der Waals surface area contributed by atoms with Crippen molar-refractivity contribution >= 4 is 49.1 Å². The van der Waals surface area contributed by atoms with E-state index in [1.54, 1.807) is 0 Å². The van der Waals surface area contributed by atoms with Crippen LogP contribution < -0.4 is 11.5 Å². The number of hydrogen-bond donors (Lipinski definition) is 2. The van der Waals surface area contributed by atoms with E-state index in [9.17, 15) is 13.2 Å². The summed E-state index contributed by atoms with van der Waals surface area (Å²) in [5.41, 5.74) is 11.2. The number of anilines is 1. The molecule has 1 saturated heterocycles. The summed E-state index contributed by atoms with van der Waals surface area (Å²) in [7, 11) is -3.89. The molecule has 1 atom stereocenters. The molecule has 1 heterocycles. The highest BCUT2D eigenvalue weighted by molar-refractivity contribution is 9.10. The first-order valence-corrected chi connectivity index (χ1v) is 8.42. The van der Waals surface area contributed by atoms with Crippen LogP contribution in [0.2, 0.25) is 5.02 Å². The summed E-state index contributed by atoms with van der Waals surface area (Å²) < 4.78 is 26.6. The third-order valence-corrected chi connectivity index (χ3v) is 6.45. The minimum absolute atomic E-state index is 0.0596. The van der Waals surface area contributed by atoms with Gasteiger partial charge in [0.05, 0.1) is 9.37 Å². The van der Waals surface area contributed by atoms with Gasteiger partial charge in [-0.1, -0.05) is 11.6 Å². The number of primary amides is 1. The molecule has 0 bridgehead atoms. The van der Waals surface area contributed by atoms with E-state index in [1.807, 2.05) is 0 Å². The lowest BCUT2D eigenvalue weighted by Crippen LogP contribution is -2.43. The van der Waals surface area contributed by atoms with Crippen molar-refractivity contribution in [2.45, 2.75) is 23.8 Å². The van der Waals surface area contributed by atoms with Crippen molar-refractivity contribution in [2.75, 3.05) is 12.3 Å². The van der Waals surface area contributed by atoms with Gasteiger partial charge in [-0.3, -0.25) is 4.79 Å². The van der Waals surface area contributed by atoms with Crippen LogP contribution in [-0.2, 0) is 14.8 Å². The number of nitrogens with zero attached hydrogens (tertiary/aromatic N) is 1. The maximum atomic E-state index is 12.6. The van der Waals surface area contributed by atoms with Gasteiger partial charge in [0, 0.05) is 17.3 Å². The molecule has 0 radical (unpaired) electrons. The maximum Gasteiger partial charge on any atom is 0.245 e. The molecular formula is C11H13BrClN3O3S. The molecule has 0 spiro atoms. The van der Waals surface area contributed by atoms with Crippen LogP contribution in [0, 0.1) is 0 Å². The molecule has 9 heteroatoms. The summed E-state index contributed by atoms with van der Waals surface area (Å²) in [6.07, 6.45) is 1.00. The Morgan fingerprint density at radius 2 is 2.10 bits per heavy atom. The van der Waals surface area contributed by atoms with Crippen LogP contribution in [0.25, 0.3) is 0 Å². The summed E-state index contributed by atoms with van der Waals surface area (Å²) >= 11 is 9.01. The van der Waals surface area contributed by atoms with Crippen molar-refractivity contribution in [3.05, 3.63) is 21.6 Å². The first kappa shape index (κ1) is 15.6. The molecule has 1 aromatic carbocycles. The Balaban J connectivity index is 2.53. The fourth-order valence-corrected chi connectivity index (χ4v) is 5.13. The molecular weight excluding hydrogens is 370 g/mol. The van der Waals surface area contributed by atoms with Crippen LogP contribution in [0.5, 0.6) is 0 Å². The highest BCUT2D eigenvalue weighted by Crippen LogP contribution is 2.35. The predicted molar refractivity (Wildman–Crippen MR) is 79.7 cm³/mol. The van der Waals surface area contributed by atoms with Gasteiger partial charge < -0.3 is 11.5 Å². The molecule has 1 aliphatic rings. The highest BCUT2D eigenvalue weighted by atomic mass is 79.9. The van der Waals surface area contributed by atoms with Gasteiger partial charge >= 0.3 is 0 Å². The second-order valence-electron chi connectivity index (χ2n) is 4.48. The lowest BCUT2D eigenvalue weighted by Gasteiger charge is -2.22. The number of nitrogen functional groups attached to an aromatic ring is 1. The van der Waals surface area contributed by atoms with Crippen LogP contribution in [0.15, 0.2) is 21.5 Å². The minimum atomic E-state index is -3.89. The number of nitrogens with two attached hydrogens (primary N) is 2. The lowest BCUT2D eigenvalue weighted by atomic mass is 10.2. The molecule has 1 aromatic rings. The number of carbonyl (C=O) groups is 1. The number of benzene rings is 1. The van der Waals surface area contributed by atoms with Crippen LogP contribution in [0.3, 0.4) is 0 Å². The summed E-state index contributed by atoms with van der Waals surface area (Å²) in [5.74, 6) is -0.655. The molecule has 1 amide bonds. The zero-order valence-electron chi connectivity index (χ0n) is 10.3. The van der Waals surface area contributed by atoms with Gasteiger partial charge in [0.25, 0.3) is 0 Å². The average molecular weight is 383 g/mol. The molecule has 4 N–H and O–H groups in total. The summed E-state index contributed by atoms with van der Waals surface area (Å²) in [4.78, 5) is 11.3. The van der Waals surface area contributed by atoms with Crippen molar-refractivity contribution in [3.8, 4) is 0 Å². The zero-order chi connectivity index (χ0) is 15.1. The molecule has 0 aliphatic carbocycles. The first-order chi connectivity index (χ1) is 9.25. The Bertz CT molecular complexity index is 665. The number of carbonyl (C=O) groups excluding carboxylic acids is 1. The molecule has 1 aliphatic heterocycles. The van der Waals surface area contributed by atoms with E-state index in [1.165, 1.54) is 12.1 Å². The molecule has 110 valence electrons. The van der Waals surface area contributed by atoms with Crippen molar-refractivity contribution < 1.29 is 13.2 Å². The van der Waals surface area contributed by atoms with Crippen LogP contribution >= 0.6 is 27.5 Å². The number of sulfonamides is 1. The van der Waals surface area contributed by atoms with E-state index in [0.29, 0.717) is 12.8 Å². The number of amides is 1. The van der Waals surface area contributed by atoms with Crippen LogP contribution in [0.1, 0.15) is 12.8 Å². The normalized spacial score (nSPS) is 20.2. The Labute approximate surface area is 130 Å². The Hall–Kier alpha value is -0.830. The Morgan fingerprint density at radius 1 is 1.45 bits per heavy atom. The predicted octanol–water partition coefficient (Wildman–Crippen LogP) is 1.32. The van der Waals surface area contributed by atoms with Gasteiger partial charge in [0.1, 0.15) is 6.04 Å². The lowest BCUT2D eigenvalue weighted by molar-refractivity contribution is -0.121. The smallest absolute Gasteiger partial charge is 0.245 e. The number of hydrogen-bond acceptors (Lipinski definition) is 4. The largest absolute Gasteiger partial charge is 0.398 e. The van der Waals surface area contributed by atoms with Crippen LogP contribution in [-0.4, -0.2) is 31.2 Å². The SMILES string of the molecule is NC(=O)C1CCCN1S(=O)(=O)c1cc(Cl)cc(N)c1Br. The monoisotopic (exact) mass is 381 g/mol. The third kappa shape index (κ3) is 2.65. The molecule has 0 aromatic heterocycles.